The average molecular weight is 271 g/mol. The Kier molecular flexibility index (Phi) is 2.85. The normalized spacial score (nSPS) is 10.5. The summed E-state index contributed by atoms with van der Waals surface area (Å²) in [5, 5.41) is 12.2. The van der Waals surface area contributed by atoms with Gasteiger partial charge in [0.15, 0.2) is 0 Å². The van der Waals surface area contributed by atoms with Crippen molar-refractivity contribution in [2.24, 2.45) is 0 Å². The fourth-order valence-corrected chi connectivity index (χ4v) is 2.48. The number of anilines is 2. The second kappa shape index (κ2) is 4.66. The van der Waals surface area contributed by atoms with Gasteiger partial charge < -0.3 is 10.4 Å². The molecule has 94 valence electrons. The van der Waals surface area contributed by atoms with Crippen LogP contribution in [-0.2, 0) is 0 Å². The van der Waals surface area contributed by atoms with Crippen LogP contribution in [0.5, 0.6) is 0 Å². The maximum absolute atomic E-state index is 11.1. The second-order valence-electron chi connectivity index (χ2n) is 3.89. The van der Waals surface area contributed by atoms with Crippen molar-refractivity contribution in [2.75, 3.05) is 5.32 Å². The number of pyridine rings is 1. The molecule has 0 aliphatic rings. The van der Waals surface area contributed by atoms with Crippen LogP contribution < -0.4 is 5.32 Å². The number of hydrogen-bond acceptors (Lipinski definition) is 5. The summed E-state index contributed by atoms with van der Waals surface area (Å²) in [7, 11) is 0. The van der Waals surface area contributed by atoms with Crippen LogP contribution in [0.1, 0.15) is 10.4 Å². The fourth-order valence-electron chi connectivity index (χ4n) is 1.76. The van der Waals surface area contributed by atoms with Crippen molar-refractivity contribution in [1.29, 1.82) is 0 Å². The SMILES string of the molecule is O=C(O)c1cnccc1Nc1ccc2ncsc2c1. The van der Waals surface area contributed by atoms with Crippen LogP contribution in [0, 0.1) is 0 Å². The highest BCUT2D eigenvalue weighted by Gasteiger charge is 2.10. The number of thiazole rings is 1. The van der Waals surface area contributed by atoms with E-state index in [1.54, 1.807) is 29.1 Å². The van der Waals surface area contributed by atoms with Gasteiger partial charge in [-0.15, -0.1) is 11.3 Å². The van der Waals surface area contributed by atoms with Crippen molar-refractivity contribution in [2.45, 2.75) is 0 Å². The molecule has 3 aromatic rings. The van der Waals surface area contributed by atoms with Crippen LogP contribution >= 0.6 is 11.3 Å². The van der Waals surface area contributed by atoms with E-state index in [0.717, 1.165) is 15.9 Å². The van der Waals surface area contributed by atoms with Gasteiger partial charge in [0.05, 0.1) is 21.4 Å². The van der Waals surface area contributed by atoms with Crippen molar-refractivity contribution in [3.8, 4) is 0 Å². The van der Waals surface area contributed by atoms with E-state index >= 15 is 0 Å². The maximum Gasteiger partial charge on any atom is 0.339 e. The van der Waals surface area contributed by atoms with Crippen LogP contribution in [0.15, 0.2) is 42.2 Å². The van der Waals surface area contributed by atoms with Crippen molar-refractivity contribution in [3.63, 3.8) is 0 Å². The number of nitrogens with zero attached hydrogens (tertiary/aromatic N) is 2. The number of benzene rings is 1. The van der Waals surface area contributed by atoms with E-state index in [9.17, 15) is 4.79 Å². The molecule has 3 rings (SSSR count). The van der Waals surface area contributed by atoms with E-state index < -0.39 is 5.97 Å². The first kappa shape index (κ1) is 11.6. The van der Waals surface area contributed by atoms with Gasteiger partial charge in [-0.25, -0.2) is 9.78 Å². The molecule has 1 aromatic carbocycles. The van der Waals surface area contributed by atoms with Gasteiger partial charge >= 0.3 is 5.97 Å². The first-order chi connectivity index (χ1) is 9.24. The molecule has 0 radical (unpaired) electrons. The molecule has 2 N–H and O–H groups in total. The Morgan fingerprint density at radius 1 is 1.32 bits per heavy atom. The molecular formula is C13H9N3O2S. The smallest absolute Gasteiger partial charge is 0.339 e. The number of carboxylic acid groups (broad SMARTS) is 1. The summed E-state index contributed by atoms with van der Waals surface area (Å²) in [6.07, 6.45) is 2.88. The third-order valence-electron chi connectivity index (χ3n) is 2.66. The van der Waals surface area contributed by atoms with Crippen LogP contribution in [0.3, 0.4) is 0 Å². The quantitative estimate of drug-likeness (QED) is 0.765. The number of rotatable bonds is 3. The molecule has 2 aromatic heterocycles. The predicted octanol–water partition coefficient (Wildman–Crippen LogP) is 3.13. The summed E-state index contributed by atoms with van der Waals surface area (Å²) in [4.78, 5) is 19.1. The molecule has 0 amide bonds. The molecule has 0 bridgehead atoms. The molecule has 2 heterocycles. The minimum Gasteiger partial charge on any atom is -0.478 e. The molecule has 6 heteroatoms. The van der Waals surface area contributed by atoms with Crippen molar-refractivity contribution in [3.05, 3.63) is 47.7 Å². The Bertz CT molecular complexity index is 754. The van der Waals surface area contributed by atoms with Crippen LogP contribution in [0.25, 0.3) is 10.2 Å². The third-order valence-corrected chi connectivity index (χ3v) is 3.45. The van der Waals surface area contributed by atoms with E-state index in [0.29, 0.717) is 5.69 Å². The summed E-state index contributed by atoms with van der Waals surface area (Å²) < 4.78 is 1.05. The molecule has 0 aliphatic carbocycles. The molecule has 0 unspecified atom stereocenters. The Labute approximate surface area is 112 Å². The van der Waals surface area contributed by atoms with Gasteiger partial charge in [0, 0.05) is 18.1 Å². The standard InChI is InChI=1S/C13H9N3O2S/c17-13(18)9-6-14-4-3-10(9)16-8-1-2-11-12(5-8)19-7-15-11/h1-7H,(H,14,16)(H,17,18). The zero-order valence-corrected chi connectivity index (χ0v) is 10.5. The van der Waals surface area contributed by atoms with Crippen LogP contribution in [0.2, 0.25) is 0 Å². The number of carbonyl (C=O) groups is 1. The summed E-state index contributed by atoms with van der Waals surface area (Å²) in [6.45, 7) is 0. The monoisotopic (exact) mass is 271 g/mol. The summed E-state index contributed by atoms with van der Waals surface area (Å²) in [6, 6.07) is 7.35. The van der Waals surface area contributed by atoms with Crippen molar-refractivity contribution in [1.82, 2.24) is 9.97 Å². The first-order valence-electron chi connectivity index (χ1n) is 5.51. The minimum atomic E-state index is -1.01. The van der Waals surface area contributed by atoms with Crippen LogP contribution in [-0.4, -0.2) is 21.0 Å². The van der Waals surface area contributed by atoms with Gasteiger partial charge in [0.2, 0.25) is 0 Å². The van der Waals surface area contributed by atoms with E-state index in [1.807, 2.05) is 18.2 Å². The maximum atomic E-state index is 11.1. The second-order valence-corrected chi connectivity index (χ2v) is 4.77. The molecule has 19 heavy (non-hydrogen) atoms. The number of aromatic carboxylic acids is 1. The minimum absolute atomic E-state index is 0.145. The van der Waals surface area contributed by atoms with Gasteiger partial charge in [0.1, 0.15) is 5.56 Å². The average Bonchev–Trinajstić information content (AvgIpc) is 2.86. The van der Waals surface area contributed by atoms with Gasteiger partial charge in [-0.2, -0.15) is 0 Å². The lowest BCUT2D eigenvalue weighted by atomic mass is 10.2. The molecule has 0 spiro atoms. The lowest BCUT2D eigenvalue weighted by molar-refractivity contribution is 0.0697. The Morgan fingerprint density at radius 3 is 3.05 bits per heavy atom. The van der Waals surface area contributed by atoms with E-state index in [4.69, 9.17) is 5.11 Å². The van der Waals surface area contributed by atoms with E-state index in [2.05, 4.69) is 15.3 Å². The Balaban J connectivity index is 1.98. The lowest BCUT2D eigenvalue weighted by Gasteiger charge is -2.08. The summed E-state index contributed by atoms with van der Waals surface area (Å²) >= 11 is 1.54. The molecule has 0 saturated heterocycles. The first-order valence-corrected chi connectivity index (χ1v) is 6.39. The number of fused-ring (bicyclic) bond motifs is 1. The summed E-state index contributed by atoms with van der Waals surface area (Å²) in [5.74, 6) is -1.01. The van der Waals surface area contributed by atoms with E-state index in [-0.39, 0.29) is 5.56 Å². The largest absolute Gasteiger partial charge is 0.478 e. The van der Waals surface area contributed by atoms with Gasteiger partial charge in [0.25, 0.3) is 0 Å². The number of carboxylic acids is 1. The Morgan fingerprint density at radius 2 is 2.21 bits per heavy atom. The molecule has 0 fully saturated rings. The molecule has 0 atom stereocenters. The molecule has 5 nitrogen and oxygen atoms in total. The molecule has 0 aliphatic heterocycles. The van der Waals surface area contributed by atoms with Crippen molar-refractivity contribution >= 4 is 38.9 Å². The third kappa shape index (κ3) is 2.25. The number of aromatic nitrogens is 2. The molecule has 0 saturated carbocycles. The molecular weight excluding hydrogens is 262 g/mol. The van der Waals surface area contributed by atoms with E-state index in [1.165, 1.54) is 6.20 Å². The highest BCUT2D eigenvalue weighted by Crippen LogP contribution is 2.25. The lowest BCUT2D eigenvalue weighted by Crippen LogP contribution is -2.03. The predicted molar refractivity (Wildman–Crippen MR) is 74.1 cm³/mol. The zero-order valence-electron chi connectivity index (χ0n) is 9.70. The van der Waals surface area contributed by atoms with Gasteiger partial charge in [-0.1, -0.05) is 0 Å². The Hall–Kier alpha value is -2.47. The number of hydrogen-bond donors (Lipinski definition) is 2. The number of nitrogens with one attached hydrogen (secondary N) is 1. The topological polar surface area (TPSA) is 75.1 Å². The van der Waals surface area contributed by atoms with Gasteiger partial charge in [-0.05, 0) is 24.3 Å². The van der Waals surface area contributed by atoms with Gasteiger partial charge in [-0.3, -0.25) is 4.98 Å². The fraction of sp³-hybridized carbons (Fsp3) is 0. The van der Waals surface area contributed by atoms with Crippen molar-refractivity contribution < 1.29 is 9.90 Å². The highest BCUT2D eigenvalue weighted by atomic mass is 32.1. The zero-order chi connectivity index (χ0) is 13.2. The summed E-state index contributed by atoms with van der Waals surface area (Å²) in [5.41, 5.74) is 4.20. The van der Waals surface area contributed by atoms with Crippen LogP contribution in [0.4, 0.5) is 11.4 Å². The highest BCUT2D eigenvalue weighted by molar-refractivity contribution is 7.16.